The van der Waals surface area contributed by atoms with Gasteiger partial charge in [0.25, 0.3) is 5.91 Å². The SMILES string of the molecule is COc1ccc(C(=O)OC(C)C(=O)Nc2cccnc2Cl)cc1S(=O)(=O)N1CCCCCC1. The molecule has 1 aromatic carbocycles. The number of pyridine rings is 1. The molecule has 1 aliphatic heterocycles. The van der Waals surface area contributed by atoms with Crippen molar-refractivity contribution in [2.45, 2.75) is 43.6 Å². The lowest BCUT2D eigenvalue weighted by Crippen LogP contribution is -2.32. The minimum atomic E-state index is -3.87. The first-order chi connectivity index (χ1) is 15.7. The number of carbonyl (C=O) groups excluding carboxylic acids is 2. The van der Waals surface area contributed by atoms with E-state index in [1.54, 1.807) is 12.1 Å². The molecule has 178 valence electrons. The quantitative estimate of drug-likeness (QED) is 0.461. The van der Waals surface area contributed by atoms with Crippen molar-refractivity contribution in [1.82, 2.24) is 9.29 Å². The molecule has 3 rings (SSSR count). The summed E-state index contributed by atoms with van der Waals surface area (Å²) in [5.74, 6) is -1.32. The highest BCUT2D eigenvalue weighted by atomic mass is 35.5. The summed E-state index contributed by atoms with van der Waals surface area (Å²) < 4.78 is 38.5. The Morgan fingerprint density at radius 3 is 2.48 bits per heavy atom. The maximum Gasteiger partial charge on any atom is 0.338 e. The highest BCUT2D eigenvalue weighted by Crippen LogP contribution is 2.30. The van der Waals surface area contributed by atoms with Gasteiger partial charge in [0.2, 0.25) is 10.0 Å². The predicted molar refractivity (Wildman–Crippen MR) is 123 cm³/mol. The summed E-state index contributed by atoms with van der Waals surface area (Å²) in [4.78, 5) is 28.9. The number of nitrogens with zero attached hydrogens (tertiary/aromatic N) is 2. The number of halogens is 1. The molecule has 0 spiro atoms. The van der Waals surface area contributed by atoms with Gasteiger partial charge in [-0.15, -0.1) is 0 Å². The van der Waals surface area contributed by atoms with Crippen LogP contribution in [0.2, 0.25) is 5.15 Å². The van der Waals surface area contributed by atoms with E-state index in [2.05, 4.69) is 10.3 Å². The largest absolute Gasteiger partial charge is 0.495 e. The summed E-state index contributed by atoms with van der Waals surface area (Å²) in [6.07, 6.45) is 3.80. The van der Waals surface area contributed by atoms with Crippen LogP contribution in [-0.4, -0.2) is 55.9 Å². The highest BCUT2D eigenvalue weighted by Gasteiger charge is 2.30. The number of carbonyl (C=O) groups is 2. The van der Waals surface area contributed by atoms with Gasteiger partial charge >= 0.3 is 5.97 Å². The van der Waals surface area contributed by atoms with Gasteiger partial charge in [-0.25, -0.2) is 18.2 Å². The second-order valence-corrected chi connectivity index (χ2v) is 9.83. The lowest BCUT2D eigenvalue weighted by Gasteiger charge is -2.21. The van der Waals surface area contributed by atoms with E-state index in [0.717, 1.165) is 25.7 Å². The van der Waals surface area contributed by atoms with Gasteiger partial charge in [0.15, 0.2) is 11.3 Å². The predicted octanol–water partition coefficient (Wildman–Crippen LogP) is 3.49. The number of nitrogens with one attached hydrogen (secondary N) is 1. The molecule has 0 bridgehead atoms. The Bertz CT molecular complexity index is 1120. The van der Waals surface area contributed by atoms with Crippen LogP contribution in [0.1, 0.15) is 43.0 Å². The summed E-state index contributed by atoms with van der Waals surface area (Å²) in [7, 11) is -2.51. The topological polar surface area (TPSA) is 115 Å². The third-order valence-corrected chi connectivity index (χ3v) is 7.47. The Morgan fingerprint density at radius 2 is 1.85 bits per heavy atom. The molecule has 1 amide bonds. The fourth-order valence-corrected chi connectivity index (χ4v) is 5.29. The Morgan fingerprint density at radius 1 is 1.15 bits per heavy atom. The number of rotatable bonds is 7. The molecular formula is C22H26ClN3O6S. The van der Waals surface area contributed by atoms with Gasteiger partial charge in [-0.2, -0.15) is 4.31 Å². The molecule has 2 aromatic rings. The van der Waals surface area contributed by atoms with Crippen LogP contribution in [0.3, 0.4) is 0 Å². The molecule has 1 atom stereocenters. The first-order valence-electron chi connectivity index (χ1n) is 10.5. The van der Waals surface area contributed by atoms with E-state index < -0.39 is 28.0 Å². The first-order valence-corrected chi connectivity index (χ1v) is 12.4. The minimum Gasteiger partial charge on any atom is -0.495 e. The van der Waals surface area contributed by atoms with Crippen LogP contribution in [0.4, 0.5) is 5.69 Å². The average Bonchev–Trinajstić information content (AvgIpc) is 3.10. The molecule has 1 aromatic heterocycles. The zero-order chi connectivity index (χ0) is 24.0. The Kier molecular flexibility index (Phi) is 8.28. The molecule has 0 saturated carbocycles. The summed E-state index contributed by atoms with van der Waals surface area (Å²) in [6.45, 7) is 2.22. The van der Waals surface area contributed by atoms with Gasteiger partial charge in [-0.05, 0) is 50.1 Å². The lowest BCUT2D eigenvalue weighted by atomic mass is 10.2. The van der Waals surface area contributed by atoms with Gasteiger partial charge < -0.3 is 14.8 Å². The number of esters is 1. The van der Waals surface area contributed by atoms with Crippen LogP contribution in [-0.2, 0) is 19.6 Å². The van der Waals surface area contributed by atoms with E-state index in [-0.39, 0.29) is 27.0 Å². The van der Waals surface area contributed by atoms with Crippen LogP contribution in [0.5, 0.6) is 5.75 Å². The lowest BCUT2D eigenvalue weighted by molar-refractivity contribution is -0.123. The third kappa shape index (κ3) is 6.01. The number of aromatic nitrogens is 1. The standard InChI is InChI=1S/C22H26ClN3O6S/c1-15(21(27)25-17-8-7-11-24-20(17)23)32-22(28)16-9-10-18(31-2)19(14-16)33(29,30)26-12-5-3-4-6-13-26/h7-11,14-15H,3-6,12-13H2,1-2H3,(H,25,27). The van der Waals surface area contributed by atoms with E-state index in [0.29, 0.717) is 13.1 Å². The van der Waals surface area contributed by atoms with Crippen LogP contribution < -0.4 is 10.1 Å². The molecule has 2 heterocycles. The Labute approximate surface area is 198 Å². The molecule has 1 saturated heterocycles. The second-order valence-electron chi connectivity index (χ2n) is 7.56. The molecule has 1 N–H and O–H groups in total. The van der Waals surface area contributed by atoms with Crippen LogP contribution >= 0.6 is 11.6 Å². The average molecular weight is 496 g/mol. The van der Waals surface area contributed by atoms with E-state index >= 15 is 0 Å². The van der Waals surface area contributed by atoms with Crippen molar-refractivity contribution in [3.05, 3.63) is 47.2 Å². The summed E-state index contributed by atoms with van der Waals surface area (Å²) in [6, 6.07) is 7.18. The number of hydrogen-bond acceptors (Lipinski definition) is 7. The van der Waals surface area contributed by atoms with Crippen molar-refractivity contribution in [2.75, 3.05) is 25.5 Å². The maximum atomic E-state index is 13.3. The fourth-order valence-electron chi connectivity index (χ4n) is 3.42. The highest BCUT2D eigenvalue weighted by molar-refractivity contribution is 7.89. The minimum absolute atomic E-state index is 0.0109. The second kappa shape index (κ2) is 11.0. The monoisotopic (exact) mass is 495 g/mol. The number of benzene rings is 1. The van der Waals surface area contributed by atoms with Gasteiger partial charge in [0.1, 0.15) is 10.6 Å². The van der Waals surface area contributed by atoms with Crippen molar-refractivity contribution in [3.8, 4) is 5.75 Å². The number of amides is 1. The van der Waals surface area contributed by atoms with Gasteiger partial charge in [0, 0.05) is 19.3 Å². The van der Waals surface area contributed by atoms with E-state index in [4.69, 9.17) is 21.1 Å². The summed E-state index contributed by atoms with van der Waals surface area (Å²) in [5, 5.41) is 2.64. The van der Waals surface area contributed by atoms with Gasteiger partial charge in [-0.1, -0.05) is 24.4 Å². The Hall–Kier alpha value is -2.69. The van der Waals surface area contributed by atoms with Gasteiger partial charge in [-0.3, -0.25) is 4.79 Å². The number of hydrogen-bond donors (Lipinski definition) is 1. The van der Waals surface area contributed by atoms with Crippen LogP contribution in [0.25, 0.3) is 0 Å². The van der Waals surface area contributed by atoms with Crippen LogP contribution in [0, 0.1) is 0 Å². The normalized spacial score (nSPS) is 15.8. The number of methoxy groups -OCH3 is 1. The van der Waals surface area contributed by atoms with E-state index in [9.17, 15) is 18.0 Å². The smallest absolute Gasteiger partial charge is 0.338 e. The zero-order valence-electron chi connectivity index (χ0n) is 18.4. The van der Waals surface area contributed by atoms with Crippen molar-refractivity contribution in [3.63, 3.8) is 0 Å². The molecule has 33 heavy (non-hydrogen) atoms. The molecule has 1 unspecified atom stereocenters. The molecule has 11 heteroatoms. The van der Waals surface area contributed by atoms with Crippen molar-refractivity contribution < 1.29 is 27.5 Å². The number of anilines is 1. The van der Waals surface area contributed by atoms with Crippen molar-refractivity contribution in [2.24, 2.45) is 0 Å². The van der Waals surface area contributed by atoms with Crippen LogP contribution in [0.15, 0.2) is 41.4 Å². The summed E-state index contributed by atoms with van der Waals surface area (Å²) in [5.41, 5.74) is 0.269. The zero-order valence-corrected chi connectivity index (χ0v) is 20.0. The number of sulfonamides is 1. The van der Waals surface area contributed by atoms with Crippen molar-refractivity contribution >= 4 is 39.2 Å². The molecule has 1 aliphatic rings. The van der Waals surface area contributed by atoms with Gasteiger partial charge in [0.05, 0.1) is 18.4 Å². The molecular weight excluding hydrogens is 470 g/mol. The molecule has 0 radical (unpaired) electrons. The maximum absolute atomic E-state index is 13.3. The Balaban J connectivity index is 1.78. The van der Waals surface area contributed by atoms with Crippen molar-refractivity contribution in [1.29, 1.82) is 0 Å². The fraction of sp³-hybridized carbons (Fsp3) is 0.409. The third-order valence-electron chi connectivity index (χ3n) is 5.25. The molecule has 0 aliphatic carbocycles. The first kappa shape index (κ1) is 24.9. The molecule has 1 fully saturated rings. The number of ether oxygens (including phenoxy) is 2. The summed E-state index contributed by atoms with van der Waals surface area (Å²) >= 11 is 5.93. The van der Waals surface area contributed by atoms with E-state index in [1.165, 1.54) is 42.7 Å². The van der Waals surface area contributed by atoms with E-state index in [1.807, 2.05) is 0 Å². The molecule has 9 nitrogen and oxygen atoms in total.